The molecule has 1 aliphatic carbocycles. The lowest BCUT2D eigenvalue weighted by molar-refractivity contribution is 0.636. The van der Waals surface area contributed by atoms with E-state index in [1.807, 2.05) is 28.8 Å². The minimum Gasteiger partial charge on any atom is -0.381 e. The number of anilines is 1. The van der Waals surface area contributed by atoms with E-state index in [9.17, 15) is 0 Å². The lowest BCUT2D eigenvalue weighted by atomic mass is 9.95. The van der Waals surface area contributed by atoms with E-state index in [-0.39, 0.29) is 0 Å². The normalized spacial score (nSPS) is 14.2. The van der Waals surface area contributed by atoms with Crippen molar-refractivity contribution >= 4 is 34.8 Å². The number of fused-ring (bicyclic) bond motifs is 3. The van der Waals surface area contributed by atoms with Crippen LogP contribution < -0.4 is 5.73 Å². The fourth-order valence-electron chi connectivity index (χ4n) is 3.18. The summed E-state index contributed by atoms with van der Waals surface area (Å²) in [5, 5.41) is 5.28. The molecule has 0 aliphatic heterocycles. The molecule has 0 spiro atoms. The van der Waals surface area contributed by atoms with Crippen molar-refractivity contribution in [1.29, 1.82) is 0 Å². The highest BCUT2D eigenvalue weighted by Gasteiger charge is 2.21. The largest absolute Gasteiger partial charge is 0.381 e. The number of nitrogens with zero attached hydrogens (tertiary/aromatic N) is 3. The first kappa shape index (κ1) is 14.8. The summed E-state index contributed by atoms with van der Waals surface area (Å²) in [4.78, 5) is 6.74. The van der Waals surface area contributed by atoms with Crippen LogP contribution in [0.4, 0.5) is 5.82 Å². The number of halogens is 1. The van der Waals surface area contributed by atoms with Crippen molar-refractivity contribution in [2.45, 2.75) is 42.4 Å². The van der Waals surface area contributed by atoms with Gasteiger partial charge in [-0.15, -0.1) is 5.10 Å². The fourth-order valence-corrected chi connectivity index (χ4v) is 4.38. The Morgan fingerprint density at radius 2 is 2.09 bits per heavy atom. The van der Waals surface area contributed by atoms with Gasteiger partial charge in [0.2, 0.25) is 0 Å². The second-order valence-corrected chi connectivity index (χ2v) is 7.36. The summed E-state index contributed by atoms with van der Waals surface area (Å²) in [6.07, 6.45) is 4.54. The van der Waals surface area contributed by atoms with Gasteiger partial charge >= 0.3 is 0 Å². The topological polar surface area (TPSA) is 56.2 Å². The molecule has 4 nitrogen and oxygen atoms in total. The molecule has 3 aromatic rings. The van der Waals surface area contributed by atoms with Crippen LogP contribution in [0.2, 0.25) is 5.02 Å². The summed E-state index contributed by atoms with van der Waals surface area (Å²) in [6.45, 7) is 2.08. The molecule has 0 saturated heterocycles. The fraction of sp³-hybridized carbons (Fsp3) is 0.294. The first-order valence-electron chi connectivity index (χ1n) is 7.73. The summed E-state index contributed by atoms with van der Waals surface area (Å²) in [5.41, 5.74) is 10.8. The van der Waals surface area contributed by atoms with Crippen molar-refractivity contribution in [2.75, 3.05) is 5.73 Å². The van der Waals surface area contributed by atoms with Crippen LogP contribution in [0.25, 0.3) is 5.65 Å². The molecule has 4 rings (SSSR count). The van der Waals surface area contributed by atoms with E-state index in [0.717, 1.165) is 34.0 Å². The number of hydrogen-bond donors (Lipinski definition) is 1. The lowest BCUT2D eigenvalue weighted by Crippen LogP contribution is -2.13. The van der Waals surface area contributed by atoms with Crippen molar-refractivity contribution in [3.05, 3.63) is 46.2 Å². The van der Waals surface area contributed by atoms with E-state index in [1.54, 1.807) is 11.8 Å². The van der Waals surface area contributed by atoms with Gasteiger partial charge in [0.05, 0.1) is 0 Å². The smallest absolute Gasteiger partial charge is 0.171 e. The molecule has 2 heterocycles. The predicted molar refractivity (Wildman–Crippen MR) is 94.4 cm³/mol. The Hall–Kier alpha value is -1.72. The van der Waals surface area contributed by atoms with Crippen LogP contribution in [0.3, 0.4) is 0 Å². The van der Waals surface area contributed by atoms with E-state index in [2.05, 4.69) is 12.0 Å². The number of nitrogen functional groups attached to an aromatic ring is 1. The number of aryl methyl sites for hydroxylation is 2. The van der Waals surface area contributed by atoms with Crippen LogP contribution in [-0.2, 0) is 12.8 Å². The number of aromatic nitrogens is 3. The third kappa shape index (κ3) is 2.58. The van der Waals surface area contributed by atoms with Gasteiger partial charge in [0.15, 0.2) is 11.5 Å². The molecule has 0 saturated carbocycles. The summed E-state index contributed by atoms with van der Waals surface area (Å²) in [6, 6.07) is 7.75. The summed E-state index contributed by atoms with van der Waals surface area (Å²) < 4.78 is 1.95. The van der Waals surface area contributed by atoms with Gasteiger partial charge in [0.25, 0.3) is 0 Å². The molecule has 0 amide bonds. The molecule has 2 aromatic heterocycles. The van der Waals surface area contributed by atoms with Gasteiger partial charge in [-0.3, -0.25) is 0 Å². The van der Waals surface area contributed by atoms with Crippen LogP contribution in [0.5, 0.6) is 0 Å². The zero-order chi connectivity index (χ0) is 16.0. The maximum absolute atomic E-state index is 6.20. The molecule has 118 valence electrons. The Morgan fingerprint density at radius 1 is 1.26 bits per heavy atom. The summed E-state index contributed by atoms with van der Waals surface area (Å²) in [7, 11) is 0. The molecule has 2 N–H and O–H groups in total. The molecule has 0 radical (unpaired) electrons. The number of hydrogen-bond acceptors (Lipinski definition) is 4. The minimum absolute atomic E-state index is 0.529. The molecule has 1 aliphatic rings. The first-order chi connectivity index (χ1) is 11.1. The quantitative estimate of drug-likeness (QED) is 0.752. The SMILES string of the molecule is Cc1nc2c(Sc3cccc(Cl)c3)c(N)nn2c2c1CCCC2. The highest BCUT2D eigenvalue weighted by Crippen LogP contribution is 2.37. The van der Waals surface area contributed by atoms with Crippen LogP contribution in [0.1, 0.15) is 29.8 Å². The average Bonchev–Trinajstić information content (AvgIpc) is 2.84. The zero-order valence-corrected chi connectivity index (χ0v) is 14.4. The highest BCUT2D eigenvalue weighted by molar-refractivity contribution is 7.99. The molecule has 0 bridgehead atoms. The van der Waals surface area contributed by atoms with E-state index in [1.165, 1.54) is 24.1 Å². The van der Waals surface area contributed by atoms with Crippen LogP contribution in [-0.4, -0.2) is 14.6 Å². The minimum atomic E-state index is 0.529. The Bertz CT molecular complexity index is 903. The van der Waals surface area contributed by atoms with Crippen LogP contribution in [0, 0.1) is 6.92 Å². The van der Waals surface area contributed by atoms with E-state index < -0.39 is 0 Å². The van der Waals surface area contributed by atoms with E-state index in [4.69, 9.17) is 22.3 Å². The zero-order valence-electron chi connectivity index (χ0n) is 12.8. The Balaban J connectivity index is 1.87. The van der Waals surface area contributed by atoms with Crippen molar-refractivity contribution in [3.63, 3.8) is 0 Å². The number of nitrogens with two attached hydrogens (primary N) is 1. The maximum atomic E-state index is 6.20. The van der Waals surface area contributed by atoms with Crippen molar-refractivity contribution in [1.82, 2.24) is 14.6 Å². The van der Waals surface area contributed by atoms with Crippen molar-refractivity contribution in [2.24, 2.45) is 0 Å². The number of benzene rings is 1. The Morgan fingerprint density at radius 3 is 2.91 bits per heavy atom. The molecular weight excluding hydrogens is 328 g/mol. The molecule has 6 heteroatoms. The lowest BCUT2D eigenvalue weighted by Gasteiger charge is -2.18. The summed E-state index contributed by atoms with van der Waals surface area (Å²) >= 11 is 7.65. The van der Waals surface area contributed by atoms with E-state index in [0.29, 0.717) is 10.8 Å². The maximum Gasteiger partial charge on any atom is 0.171 e. The second-order valence-electron chi connectivity index (χ2n) is 5.84. The van der Waals surface area contributed by atoms with Crippen LogP contribution in [0.15, 0.2) is 34.1 Å². The Kier molecular flexibility index (Phi) is 3.70. The molecule has 1 aromatic carbocycles. The summed E-state index contributed by atoms with van der Waals surface area (Å²) in [5.74, 6) is 0.529. The van der Waals surface area contributed by atoms with Gasteiger partial charge in [0, 0.05) is 21.3 Å². The molecule has 23 heavy (non-hydrogen) atoms. The van der Waals surface area contributed by atoms with Gasteiger partial charge in [-0.1, -0.05) is 29.4 Å². The Labute approximate surface area is 144 Å². The molecule has 0 atom stereocenters. The average molecular weight is 345 g/mol. The van der Waals surface area contributed by atoms with Gasteiger partial charge in [-0.05, 0) is 56.4 Å². The monoisotopic (exact) mass is 344 g/mol. The van der Waals surface area contributed by atoms with Crippen LogP contribution >= 0.6 is 23.4 Å². The number of rotatable bonds is 2. The highest BCUT2D eigenvalue weighted by atomic mass is 35.5. The van der Waals surface area contributed by atoms with Gasteiger partial charge < -0.3 is 5.73 Å². The van der Waals surface area contributed by atoms with Gasteiger partial charge in [-0.2, -0.15) is 0 Å². The molecule has 0 unspecified atom stereocenters. The first-order valence-corrected chi connectivity index (χ1v) is 8.93. The van der Waals surface area contributed by atoms with Crippen molar-refractivity contribution in [3.8, 4) is 0 Å². The van der Waals surface area contributed by atoms with Gasteiger partial charge in [0.1, 0.15) is 4.90 Å². The molecular formula is C17H17ClN4S. The molecule has 0 fully saturated rings. The third-order valence-corrected chi connectivity index (χ3v) is 5.59. The third-order valence-electron chi connectivity index (χ3n) is 4.26. The predicted octanol–water partition coefficient (Wildman–Crippen LogP) is 4.30. The van der Waals surface area contributed by atoms with Crippen molar-refractivity contribution < 1.29 is 0 Å². The van der Waals surface area contributed by atoms with E-state index >= 15 is 0 Å². The van der Waals surface area contributed by atoms with Gasteiger partial charge in [-0.25, -0.2) is 9.50 Å². The standard InChI is InChI=1S/C17H17ClN4S/c1-10-13-7-2-3-8-14(13)22-17(20-10)15(16(19)21-22)23-12-6-4-5-11(18)9-12/h4-6,9H,2-3,7-8H2,1H3,(H2,19,21). The second kappa shape index (κ2) is 5.73.